The molecule has 1 amide bonds. The number of amides is 1. The molecule has 1 atom stereocenters. The third kappa shape index (κ3) is 8.18. The van der Waals surface area contributed by atoms with Crippen LogP contribution in [0, 0.1) is 11.7 Å². The number of rotatable bonds is 6. The lowest BCUT2D eigenvalue weighted by Crippen LogP contribution is -2.38. The molecule has 0 saturated carbocycles. The second kappa shape index (κ2) is 8.50. The first-order chi connectivity index (χ1) is 10.6. The summed E-state index contributed by atoms with van der Waals surface area (Å²) in [5, 5.41) is 3.63. The van der Waals surface area contributed by atoms with E-state index in [0.29, 0.717) is 24.7 Å². The van der Waals surface area contributed by atoms with Gasteiger partial charge in [0, 0.05) is 25.2 Å². The summed E-state index contributed by atoms with van der Waals surface area (Å²) in [6, 6.07) is 4.47. The van der Waals surface area contributed by atoms with Crippen molar-refractivity contribution in [1.29, 1.82) is 0 Å². The predicted octanol–water partition coefficient (Wildman–Crippen LogP) is 4.07. The molecule has 0 radical (unpaired) electrons. The van der Waals surface area contributed by atoms with Crippen LogP contribution in [0.25, 0.3) is 0 Å². The number of nitrogens with zero attached hydrogens (tertiary/aromatic N) is 1. The molecule has 1 unspecified atom stereocenters. The lowest BCUT2D eigenvalue weighted by Gasteiger charge is -2.26. The fourth-order valence-corrected chi connectivity index (χ4v) is 2.37. The van der Waals surface area contributed by atoms with Gasteiger partial charge in [-0.1, -0.05) is 18.5 Å². The second-order valence-electron chi connectivity index (χ2n) is 6.87. The highest BCUT2D eigenvalue weighted by Crippen LogP contribution is 2.14. The number of hydrogen-bond acceptors (Lipinski definition) is 3. The molecule has 0 fully saturated rings. The van der Waals surface area contributed by atoms with Crippen molar-refractivity contribution in [3.8, 4) is 0 Å². The van der Waals surface area contributed by atoms with E-state index in [9.17, 15) is 9.18 Å². The Morgan fingerprint density at radius 1 is 1.39 bits per heavy atom. The molecule has 0 aliphatic heterocycles. The van der Waals surface area contributed by atoms with Crippen molar-refractivity contribution in [2.24, 2.45) is 5.92 Å². The van der Waals surface area contributed by atoms with E-state index in [1.807, 2.05) is 27.7 Å². The third-order valence-corrected chi connectivity index (χ3v) is 3.25. The predicted molar refractivity (Wildman–Crippen MR) is 91.1 cm³/mol. The maximum absolute atomic E-state index is 13.2. The van der Waals surface area contributed by atoms with Crippen LogP contribution in [0.3, 0.4) is 0 Å². The molecule has 0 spiro atoms. The van der Waals surface area contributed by atoms with Crippen LogP contribution in [0.5, 0.6) is 0 Å². The highest BCUT2D eigenvalue weighted by Gasteiger charge is 2.20. The van der Waals surface area contributed by atoms with Gasteiger partial charge in [0.15, 0.2) is 0 Å². The van der Waals surface area contributed by atoms with Gasteiger partial charge in [-0.2, -0.15) is 0 Å². The molecule has 0 aliphatic rings. The molecule has 0 aromatic heterocycles. The minimum atomic E-state index is -0.497. The fraction of sp³-hybridized carbons (Fsp3) is 0.588. The zero-order valence-corrected chi connectivity index (χ0v) is 15.2. The first kappa shape index (κ1) is 19.7. The summed E-state index contributed by atoms with van der Waals surface area (Å²) in [6.45, 7) is 9.35. The van der Waals surface area contributed by atoms with Crippen molar-refractivity contribution >= 4 is 17.7 Å². The zero-order valence-electron chi connectivity index (χ0n) is 14.5. The van der Waals surface area contributed by atoms with Crippen LogP contribution in [-0.2, 0) is 11.3 Å². The molecule has 0 saturated heterocycles. The highest BCUT2D eigenvalue weighted by atomic mass is 35.5. The maximum Gasteiger partial charge on any atom is 0.410 e. The number of ether oxygens (including phenoxy) is 1. The fourth-order valence-electron chi connectivity index (χ4n) is 2.12. The number of halogens is 2. The summed E-state index contributed by atoms with van der Waals surface area (Å²) in [5.41, 5.74) is 0.298. The van der Waals surface area contributed by atoms with E-state index in [2.05, 4.69) is 5.32 Å². The van der Waals surface area contributed by atoms with Gasteiger partial charge in [-0.3, -0.25) is 0 Å². The smallest absolute Gasteiger partial charge is 0.410 e. The molecule has 1 rings (SSSR count). The van der Waals surface area contributed by atoms with Gasteiger partial charge in [-0.25, -0.2) is 9.18 Å². The van der Waals surface area contributed by atoms with Crippen LogP contribution in [0.1, 0.15) is 33.3 Å². The lowest BCUT2D eigenvalue weighted by molar-refractivity contribution is 0.0277. The van der Waals surface area contributed by atoms with Crippen molar-refractivity contribution in [3.05, 3.63) is 34.6 Å². The molecule has 1 N–H and O–H groups in total. The number of hydrogen-bond donors (Lipinski definition) is 1. The quantitative estimate of drug-likeness (QED) is 0.845. The first-order valence-electron chi connectivity index (χ1n) is 7.66. The van der Waals surface area contributed by atoms with Gasteiger partial charge in [0.1, 0.15) is 11.4 Å². The number of carbonyl (C=O) groups is 1. The molecule has 1 aromatic rings. The van der Waals surface area contributed by atoms with E-state index in [1.165, 1.54) is 12.1 Å². The molecule has 23 heavy (non-hydrogen) atoms. The van der Waals surface area contributed by atoms with Crippen molar-refractivity contribution < 1.29 is 13.9 Å². The summed E-state index contributed by atoms with van der Waals surface area (Å²) >= 11 is 5.82. The number of nitrogens with one attached hydrogen (secondary N) is 1. The molecule has 4 nitrogen and oxygen atoms in total. The van der Waals surface area contributed by atoms with Crippen LogP contribution >= 0.6 is 11.6 Å². The molecule has 1 aromatic carbocycles. The van der Waals surface area contributed by atoms with E-state index < -0.39 is 5.60 Å². The average molecular weight is 345 g/mol. The topological polar surface area (TPSA) is 41.6 Å². The molecule has 6 heteroatoms. The Morgan fingerprint density at radius 3 is 2.61 bits per heavy atom. The normalized spacial score (nSPS) is 12.8. The van der Waals surface area contributed by atoms with Gasteiger partial charge in [-0.15, -0.1) is 0 Å². The number of carbonyl (C=O) groups excluding carboxylic acids is 1. The summed E-state index contributed by atoms with van der Waals surface area (Å²) in [6.07, 6.45) is -0.332. The Kier molecular flexibility index (Phi) is 7.29. The zero-order chi connectivity index (χ0) is 17.6. The largest absolute Gasteiger partial charge is 0.444 e. The van der Waals surface area contributed by atoms with Crippen molar-refractivity contribution in [2.45, 2.75) is 39.8 Å². The van der Waals surface area contributed by atoms with Gasteiger partial charge in [0.2, 0.25) is 0 Å². The molecular formula is C17H26ClFN2O2. The van der Waals surface area contributed by atoms with Crippen LogP contribution < -0.4 is 5.32 Å². The first-order valence-corrected chi connectivity index (χ1v) is 8.04. The Balaban J connectivity index is 2.36. The minimum Gasteiger partial charge on any atom is -0.444 e. The van der Waals surface area contributed by atoms with Gasteiger partial charge >= 0.3 is 6.09 Å². The average Bonchev–Trinajstić information content (AvgIpc) is 2.35. The second-order valence-corrected chi connectivity index (χ2v) is 7.31. The van der Waals surface area contributed by atoms with Crippen LogP contribution in [0.15, 0.2) is 18.2 Å². The van der Waals surface area contributed by atoms with Gasteiger partial charge in [-0.05, 0) is 57.0 Å². The lowest BCUT2D eigenvalue weighted by atomic mass is 10.1. The van der Waals surface area contributed by atoms with Crippen LogP contribution in [0.4, 0.5) is 9.18 Å². The SMILES string of the molecule is CC(CNCc1cc(F)cc(Cl)c1)CN(C)C(=O)OC(C)(C)C. The van der Waals surface area contributed by atoms with E-state index in [1.54, 1.807) is 18.0 Å². The Labute approximate surface area is 142 Å². The Morgan fingerprint density at radius 2 is 2.04 bits per heavy atom. The van der Waals surface area contributed by atoms with E-state index >= 15 is 0 Å². The van der Waals surface area contributed by atoms with Crippen LogP contribution in [-0.4, -0.2) is 36.7 Å². The highest BCUT2D eigenvalue weighted by molar-refractivity contribution is 6.30. The van der Waals surface area contributed by atoms with E-state index in [-0.39, 0.29) is 17.8 Å². The summed E-state index contributed by atoms with van der Waals surface area (Å²) in [4.78, 5) is 13.5. The molecule has 130 valence electrons. The van der Waals surface area contributed by atoms with Gasteiger partial charge in [0.25, 0.3) is 0 Å². The van der Waals surface area contributed by atoms with E-state index in [0.717, 1.165) is 5.56 Å². The van der Waals surface area contributed by atoms with Crippen molar-refractivity contribution in [2.75, 3.05) is 20.1 Å². The maximum atomic E-state index is 13.2. The third-order valence-electron chi connectivity index (χ3n) is 3.03. The van der Waals surface area contributed by atoms with Crippen molar-refractivity contribution in [3.63, 3.8) is 0 Å². The van der Waals surface area contributed by atoms with Crippen molar-refractivity contribution in [1.82, 2.24) is 10.2 Å². The summed E-state index contributed by atoms with van der Waals surface area (Å²) in [7, 11) is 1.72. The Hall–Kier alpha value is -1.33. The van der Waals surface area contributed by atoms with Gasteiger partial charge in [0.05, 0.1) is 0 Å². The molecule has 0 heterocycles. The molecule has 0 aliphatic carbocycles. The summed E-state index contributed by atoms with van der Waals surface area (Å²) < 4.78 is 18.6. The van der Waals surface area contributed by atoms with Crippen LogP contribution in [0.2, 0.25) is 5.02 Å². The van der Waals surface area contributed by atoms with Gasteiger partial charge < -0.3 is 15.0 Å². The standard InChI is InChI=1S/C17H26ClFN2O2/c1-12(11-21(5)16(22)23-17(2,3)4)9-20-10-13-6-14(18)8-15(19)7-13/h6-8,12,20H,9-11H2,1-5H3. The van der Waals surface area contributed by atoms with E-state index in [4.69, 9.17) is 16.3 Å². The Bertz CT molecular complexity index is 512. The monoisotopic (exact) mass is 344 g/mol. The molecular weight excluding hydrogens is 319 g/mol. The summed E-state index contributed by atoms with van der Waals surface area (Å²) in [5.74, 6) is -0.108. The minimum absolute atomic E-state index is 0.233. The number of benzene rings is 1. The molecule has 0 bridgehead atoms.